The van der Waals surface area contributed by atoms with Gasteiger partial charge in [0.1, 0.15) is 11.5 Å². The maximum absolute atomic E-state index is 12.4. The first-order valence-corrected chi connectivity index (χ1v) is 10.7. The number of hydrogen-bond donors (Lipinski definition) is 3. The summed E-state index contributed by atoms with van der Waals surface area (Å²) < 4.78 is 10.6. The number of halogens is 1. The molecule has 0 fully saturated rings. The number of carboxylic acid groups (broad SMARTS) is 1. The molecule has 2 amide bonds. The van der Waals surface area contributed by atoms with Gasteiger partial charge in [-0.2, -0.15) is 5.10 Å². The van der Waals surface area contributed by atoms with E-state index in [9.17, 15) is 14.4 Å². The molecule has 0 unspecified atom stereocenters. The molecule has 9 nitrogen and oxygen atoms in total. The number of ether oxygens (including phenoxy) is 1. The van der Waals surface area contributed by atoms with Crippen LogP contribution >= 0.6 is 11.6 Å². The summed E-state index contributed by atoms with van der Waals surface area (Å²) >= 11 is 6.00. The van der Waals surface area contributed by atoms with Crippen molar-refractivity contribution in [3.63, 3.8) is 0 Å². The van der Waals surface area contributed by atoms with Crippen molar-refractivity contribution >= 4 is 35.8 Å². The van der Waals surface area contributed by atoms with E-state index in [2.05, 4.69) is 15.8 Å². The summed E-state index contributed by atoms with van der Waals surface area (Å²) in [5, 5.41) is 15.7. The number of nitrogens with zero attached hydrogens (tertiary/aromatic N) is 1. The molecular formula is C24H22ClN3O6. The number of rotatable bonds is 9. The smallest absolute Gasteiger partial charge is 0.407 e. The number of furan rings is 1. The van der Waals surface area contributed by atoms with Crippen LogP contribution in [0.4, 0.5) is 4.79 Å². The van der Waals surface area contributed by atoms with Gasteiger partial charge in [0.05, 0.1) is 35.9 Å². The molecular weight excluding hydrogens is 462 g/mol. The zero-order chi connectivity index (χ0) is 24.5. The molecule has 0 aliphatic rings. The lowest BCUT2D eigenvalue weighted by molar-refractivity contribution is -0.121. The summed E-state index contributed by atoms with van der Waals surface area (Å²) in [4.78, 5) is 35.3. The average molecular weight is 484 g/mol. The molecule has 0 saturated heterocycles. The van der Waals surface area contributed by atoms with E-state index < -0.39 is 24.0 Å². The van der Waals surface area contributed by atoms with Crippen LogP contribution in [-0.2, 0) is 9.53 Å². The molecule has 0 saturated carbocycles. The average Bonchev–Trinajstić information content (AvgIpc) is 3.28. The number of nitrogens with one attached hydrogen (secondary N) is 2. The van der Waals surface area contributed by atoms with Gasteiger partial charge in [-0.3, -0.25) is 4.79 Å². The van der Waals surface area contributed by atoms with Crippen LogP contribution in [0.15, 0.2) is 70.2 Å². The molecule has 3 aromatic rings. The second-order valence-electron chi connectivity index (χ2n) is 7.03. The van der Waals surface area contributed by atoms with Crippen molar-refractivity contribution < 1.29 is 28.6 Å². The van der Waals surface area contributed by atoms with E-state index in [1.54, 1.807) is 37.3 Å². The molecule has 176 valence electrons. The summed E-state index contributed by atoms with van der Waals surface area (Å²) in [5.74, 6) is -0.733. The van der Waals surface area contributed by atoms with Crippen LogP contribution in [0.2, 0.25) is 5.02 Å². The SMILES string of the molecule is CCOC(=O)N[C@@H](CC(=O)N/N=C\c1ccc(-c2ccc(C(=O)O)c(Cl)c2)o1)c1ccccc1. The number of alkyl carbamates (subject to hydrolysis) is 1. The van der Waals surface area contributed by atoms with E-state index >= 15 is 0 Å². The molecule has 3 N–H and O–H groups in total. The van der Waals surface area contributed by atoms with E-state index in [1.807, 2.05) is 18.2 Å². The molecule has 3 rings (SSSR count). The van der Waals surface area contributed by atoms with E-state index in [0.29, 0.717) is 17.1 Å². The third kappa shape index (κ3) is 6.69. The zero-order valence-corrected chi connectivity index (χ0v) is 18.9. The van der Waals surface area contributed by atoms with Crippen molar-refractivity contribution in [3.05, 3.63) is 82.6 Å². The van der Waals surface area contributed by atoms with Crippen molar-refractivity contribution in [3.8, 4) is 11.3 Å². The van der Waals surface area contributed by atoms with Gasteiger partial charge in [-0.15, -0.1) is 0 Å². The monoisotopic (exact) mass is 483 g/mol. The van der Waals surface area contributed by atoms with Crippen LogP contribution in [0.5, 0.6) is 0 Å². The first-order valence-electron chi connectivity index (χ1n) is 10.3. The van der Waals surface area contributed by atoms with E-state index in [0.717, 1.165) is 5.56 Å². The maximum atomic E-state index is 12.4. The molecule has 10 heteroatoms. The van der Waals surface area contributed by atoms with E-state index in [1.165, 1.54) is 18.3 Å². The normalized spacial score (nSPS) is 11.7. The lowest BCUT2D eigenvalue weighted by Crippen LogP contribution is -2.33. The Labute approximate surface area is 200 Å². The Hall–Kier alpha value is -4.11. The minimum atomic E-state index is -1.12. The second kappa shape index (κ2) is 11.7. The van der Waals surface area contributed by atoms with Crippen LogP contribution in [0.3, 0.4) is 0 Å². The number of carbonyl (C=O) groups is 3. The number of benzene rings is 2. The Kier molecular flexibility index (Phi) is 8.42. The van der Waals surface area contributed by atoms with E-state index in [-0.39, 0.29) is 23.6 Å². The van der Waals surface area contributed by atoms with Gasteiger partial charge in [0.15, 0.2) is 0 Å². The Morgan fingerprint density at radius 3 is 2.59 bits per heavy atom. The predicted molar refractivity (Wildman–Crippen MR) is 126 cm³/mol. The highest BCUT2D eigenvalue weighted by Crippen LogP contribution is 2.27. The van der Waals surface area contributed by atoms with Crippen molar-refractivity contribution in [2.45, 2.75) is 19.4 Å². The molecule has 1 aromatic heterocycles. The van der Waals surface area contributed by atoms with Crippen molar-refractivity contribution in [1.82, 2.24) is 10.7 Å². The number of carbonyl (C=O) groups excluding carboxylic acids is 2. The highest BCUT2D eigenvalue weighted by molar-refractivity contribution is 6.33. The van der Waals surface area contributed by atoms with Crippen molar-refractivity contribution in [2.75, 3.05) is 6.61 Å². The summed E-state index contributed by atoms with van der Waals surface area (Å²) in [6.45, 7) is 1.91. The third-order valence-corrected chi connectivity index (χ3v) is 4.96. The van der Waals surface area contributed by atoms with Crippen molar-refractivity contribution in [1.29, 1.82) is 0 Å². The van der Waals surface area contributed by atoms with Gasteiger partial charge in [-0.25, -0.2) is 15.0 Å². The lowest BCUT2D eigenvalue weighted by atomic mass is 10.0. The topological polar surface area (TPSA) is 130 Å². The molecule has 0 radical (unpaired) electrons. The number of hydrogen-bond acceptors (Lipinski definition) is 6. The predicted octanol–water partition coefficient (Wildman–Crippen LogP) is 4.63. The van der Waals surface area contributed by atoms with Crippen LogP contribution in [0.25, 0.3) is 11.3 Å². The minimum Gasteiger partial charge on any atom is -0.478 e. The third-order valence-electron chi connectivity index (χ3n) is 4.65. The largest absolute Gasteiger partial charge is 0.478 e. The number of amides is 2. The van der Waals surface area contributed by atoms with Gasteiger partial charge in [0, 0.05) is 5.56 Å². The molecule has 1 heterocycles. The maximum Gasteiger partial charge on any atom is 0.407 e. The molecule has 0 spiro atoms. The van der Waals surface area contributed by atoms with Gasteiger partial charge in [-0.1, -0.05) is 48.0 Å². The van der Waals surface area contributed by atoms with Crippen LogP contribution in [0.1, 0.15) is 41.1 Å². The molecule has 34 heavy (non-hydrogen) atoms. The fraction of sp³-hybridized carbons (Fsp3) is 0.167. The summed E-state index contributed by atoms with van der Waals surface area (Å²) in [6.07, 6.45) is 0.649. The second-order valence-corrected chi connectivity index (χ2v) is 7.43. The van der Waals surface area contributed by atoms with Crippen LogP contribution < -0.4 is 10.7 Å². The Bertz CT molecular complexity index is 1190. The fourth-order valence-corrected chi connectivity index (χ4v) is 3.33. The number of hydrazone groups is 1. The lowest BCUT2D eigenvalue weighted by Gasteiger charge is -2.17. The van der Waals surface area contributed by atoms with Crippen LogP contribution in [0, 0.1) is 0 Å². The van der Waals surface area contributed by atoms with E-state index in [4.69, 9.17) is 25.9 Å². The highest BCUT2D eigenvalue weighted by Gasteiger charge is 2.19. The summed E-state index contributed by atoms with van der Waals surface area (Å²) in [6, 6.07) is 16.2. The van der Waals surface area contributed by atoms with Gasteiger partial charge in [0.2, 0.25) is 5.91 Å². The Balaban J connectivity index is 1.62. The Morgan fingerprint density at radius 2 is 1.91 bits per heavy atom. The standard InChI is InChI=1S/C24H22ClN3O6/c1-2-33-24(32)27-20(15-6-4-3-5-7-15)13-22(29)28-26-14-17-9-11-21(34-17)16-8-10-18(23(30)31)19(25)12-16/h3-12,14,20H,2,13H2,1H3,(H,27,32)(H,28,29)(H,30,31)/b26-14-/t20-/m0/s1. The van der Waals surface area contributed by atoms with Gasteiger partial charge < -0.3 is 19.6 Å². The quantitative estimate of drug-likeness (QED) is 0.300. The van der Waals surface area contributed by atoms with Crippen LogP contribution in [-0.4, -0.2) is 35.9 Å². The van der Waals surface area contributed by atoms with Crippen molar-refractivity contribution in [2.24, 2.45) is 5.10 Å². The molecule has 0 aliphatic carbocycles. The zero-order valence-electron chi connectivity index (χ0n) is 18.2. The number of aromatic carboxylic acids is 1. The molecule has 1 atom stereocenters. The highest BCUT2D eigenvalue weighted by atomic mass is 35.5. The minimum absolute atomic E-state index is 0.00674. The van der Waals surface area contributed by atoms with Gasteiger partial charge in [0.25, 0.3) is 0 Å². The molecule has 2 aromatic carbocycles. The molecule has 0 bridgehead atoms. The van der Waals surface area contributed by atoms with Gasteiger partial charge in [-0.05, 0) is 36.8 Å². The van der Waals surface area contributed by atoms with Gasteiger partial charge >= 0.3 is 12.1 Å². The first-order chi connectivity index (χ1) is 16.4. The Morgan fingerprint density at radius 1 is 1.15 bits per heavy atom. The number of carboxylic acids is 1. The summed E-state index contributed by atoms with van der Waals surface area (Å²) in [7, 11) is 0. The summed E-state index contributed by atoms with van der Waals surface area (Å²) in [5.41, 5.74) is 3.74. The fourth-order valence-electron chi connectivity index (χ4n) is 3.07. The first kappa shape index (κ1) is 24.5. The molecule has 0 aliphatic heterocycles.